The van der Waals surface area contributed by atoms with Gasteiger partial charge in [-0.1, -0.05) is 13.0 Å². The number of carboxylic acids is 2. The fourth-order valence-electron chi connectivity index (χ4n) is 2.38. The number of aliphatic carboxylic acids is 1. The Kier molecular flexibility index (Phi) is 8.18. The first-order valence-electron chi connectivity index (χ1n) is 8.91. The highest BCUT2D eigenvalue weighted by Crippen LogP contribution is 2.28. The highest BCUT2D eigenvalue weighted by Gasteiger charge is 2.18. The van der Waals surface area contributed by atoms with Gasteiger partial charge in [-0.05, 0) is 48.9 Å². The lowest BCUT2D eigenvalue weighted by Gasteiger charge is -2.15. The van der Waals surface area contributed by atoms with Gasteiger partial charge < -0.3 is 20.8 Å². The third-order valence-corrected chi connectivity index (χ3v) is 5.18. The van der Waals surface area contributed by atoms with Crippen LogP contribution in [0.2, 0.25) is 0 Å². The molecule has 30 heavy (non-hydrogen) atoms. The molecule has 0 radical (unpaired) electrons. The second-order valence-electron chi connectivity index (χ2n) is 6.08. The predicted molar refractivity (Wildman–Crippen MR) is 114 cm³/mol. The summed E-state index contributed by atoms with van der Waals surface area (Å²) in [5.74, 6) is -3.07. The predicted octanol–water partition coefficient (Wildman–Crippen LogP) is 3.47. The first-order valence-corrected chi connectivity index (χ1v) is 9.79. The molecular weight excluding hydrogens is 408 g/mol. The van der Waals surface area contributed by atoms with E-state index < -0.39 is 23.1 Å². The number of benzene rings is 2. The number of carbonyl (C=O) groups excluding carboxylic acids is 2. The van der Waals surface area contributed by atoms with Gasteiger partial charge in [-0.15, -0.1) is 11.8 Å². The smallest absolute Gasteiger partial charge is 0.335 e. The first-order chi connectivity index (χ1) is 14.3. The van der Waals surface area contributed by atoms with E-state index >= 15 is 0 Å². The molecule has 4 N–H and O–H groups in total. The minimum atomic E-state index is -1.22. The Bertz CT molecular complexity index is 972. The molecule has 2 rings (SSSR count). The summed E-state index contributed by atoms with van der Waals surface area (Å²) in [5.41, 5.74) is 1.10. The van der Waals surface area contributed by atoms with Crippen molar-refractivity contribution in [2.45, 2.75) is 23.5 Å². The summed E-state index contributed by atoms with van der Waals surface area (Å²) >= 11 is 1.31. The Morgan fingerprint density at radius 1 is 0.967 bits per heavy atom. The van der Waals surface area contributed by atoms with Crippen molar-refractivity contribution in [1.29, 1.82) is 0 Å². The maximum atomic E-state index is 12.6. The van der Waals surface area contributed by atoms with Crippen LogP contribution in [-0.4, -0.2) is 39.2 Å². The maximum absolute atomic E-state index is 12.6. The van der Waals surface area contributed by atoms with E-state index in [4.69, 9.17) is 10.2 Å². The third kappa shape index (κ3) is 7.10. The summed E-state index contributed by atoms with van der Waals surface area (Å²) in [6.45, 7) is 1.87. The number of anilines is 2. The van der Waals surface area contributed by atoms with Crippen LogP contribution in [0.3, 0.4) is 0 Å². The van der Waals surface area contributed by atoms with Gasteiger partial charge in [0.25, 0.3) is 0 Å². The Hall–Kier alpha value is -3.59. The molecule has 1 atom stereocenters. The fourth-order valence-corrected chi connectivity index (χ4v) is 3.40. The molecule has 0 heterocycles. The van der Waals surface area contributed by atoms with E-state index in [9.17, 15) is 19.2 Å². The SMILES string of the molecule is CCC(Sc1cccc(NC(=O)/C=C/C(=O)O)c1)C(=O)Nc1ccc(C(=O)O)cc1. The van der Waals surface area contributed by atoms with Crippen molar-refractivity contribution < 1.29 is 29.4 Å². The van der Waals surface area contributed by atoms with Gasteiger partial charge in [0.2, 0.25) is 11.8 Å². The zero-order valence-electron chi connectivity index (χ0n) is 16.0. The number of rotatable bonds is 9. The topological polar surface area (TPSA) is 133 Å². The summed E-state index contributed by atoms with van der Waals surface area (Å²) in [6.07, 6.45) is 2.20. The van der Waals surface area contributed by atoms with Crippen molar-refractivity contribution >= 4 is 46.9 Å². The van der Waals surface area contributed by atoms with Crippen LogP contribution in [-0.2, 0) is 14.4 Å². The Balaban J connectivity index is 2.02. The lowest BCUT2D eigenvalue weighted by Crippen LogP contribution is -2.24. The number of thioether (sulfide) groups is 1. The Labute approximate surface area is 177 Å². The van der Waals surface area contributed by atoms with Crippen molar-refractivity contribution in [3.63, 3.8) is 0 Å². The normalized spacial score (nSPS) is 11.6. The van der Waals surface area contributed by atoms with E-state index in [2.05, 4.69) is 10.6 Å². The van der Waals surface area contributed by atoms with E-state index in [1.165, 1.54) is 36.0 Å². The van der Waals surface area contributed by atoms with Crippen molar-refractivity contribution in [2.24, 2.45) is 0 Å². The minimum Gasteiger partial charge on any atom is -0.478 e. The number of nitrogens with one attached hydrogen (secondary N) is 2. The van der Waals surface area contributed by atoms with Crippen LogP contribution < -0.4 is 10.6 Å². The van der Waals surface area contributed by atoms with Crippen LogP contribution in [0.4, 0.5) is 11.4 Å². The molecule has 0 saturated heterocycles. The van der Waals surface area contributed by atoms with Crippen LogP contribution >= 0.6 is 11.8 Å². The second kappa shape index (κ2) is 10.8. The molecule has 0 aromatic heterocycles. The van der Waals surface area contributed by atoms with E-state index in [1.807, 2.05) is 6.92 Å². The highest BCUT2D eigenvalue weighted by molar-refractivity contribution is 8.00. The van der Waals surface area contributed by atoms with Crippen molar-refractivity contribution in [2.75, 3.05) is 10.6 Å². The molecule has 2 aromatic carbocycles. The number of hydrogen-bond donors (Lipinski definition) is 4. The van der Waals surface area contributed by atoms with Crippen LogP contribution in [0.25, 0.3) is 0 Å². The average Bonchev–Trinajstić information content (AvgIpc) is 2.71. The molecule has 8 nitrogen and oxygen atoms in total. The van der Waals surface area contributed by atoms with Gasteiger partial charge in [-0.3, -0.25) is 9.59 Å². The fraction of sp³-hybridized carbons (Fsp3) is 0.143. The summed E-state index contributed by atoms with van der Waals surface area (Å²) in [5, 5.41) is 22.4. The molecule has 0 aliphatic carbocycles. The zero-order valence-corrected chi connectivity index (χ0v) is 16.8. The molecule has 0 bridgehead atoms. The molecule has 2 aromatic rings. The lowest BCUT2D eigenvalue weighted by molar-refractivity contribution is -0.131. The molecule has 0 aliphatic rings. The average molecular weight is 428 g/mol. The molecule has 1 unspecified atom stereocenters. The van der Waals surface area contributed by atoms with Crippen molar-refractivity contribution in [1.82, 2.24) is 0 Å². The van der Waals surface area contributed by atoms with Crippen LogP contribution in [0, 0.1) is 0 Å². The Morgan fingerprint density at radius 3 is 2.27 bits per heavy atom. The number of aromatic carboxylic acids is 1. The zero-order chi connectivity index (χ0) is 22.1. The molecule has 0 aliphatic heterocycles. The van der Waals surface area contributed by atoms with E-state index in [0.29, 0.717) is 17.8 Å². The summed E-state index contributed by atoms with van der Waals surface area (Å²) in [6, 6.07) is 12.7. The molecule has 0 fully saturated rings. The molecular formula is C21H20N2O6S. The van der Waals surface area contributed by atoms with E-state index in [1.54, 1.807) is 24.3 Å². The number of amides is 2. The van der Waals surface area contributed by atoms with E-state index in [-0.39, 0.29) is 11.5 Å². The molecule has 0 saturated carbocycles. The quantitative estimate of drug-likeness (QED) is 0.355. The largest absolute Gasteiger partial charge is 0.478 e. The molecule has 2 amide bonds. The lowest BCUT2D eigenvalue weighted by atomic mass is 10.2. The minimum absolute atomic E-state index is 0.131. The monoisotopic (exact) mass is 428 g/mol. The maximum Gasteiger partial charge on any atom is 0.335 e. The van der Waals surface area contributed by atoms with Gasteiger partial charge >= 0.3 is 11.9 Å². The summed E-state index contributed by atoms with van der Waals surface area (Å²) < 4.78 is 0. The summed E-state index contributed by atoms with van der Waals surface area (Å²) in [7, 11) is 0. The molecule has 156 valence electrons. The van der Waals surface area contributed by atoms with Gasteiger partial charge in [0.05, 0.1) is 10.8 Å². The van der Waals surface area contributed by atoms with Gasteiger partial charge in [0, 0.05) is 28.4 Å². The third-order valence-electron chi connectivity index (χ3n) is 3.82. The van der Waals surface area contributed by atoms with Gasteiger partial charge in [-0.25, -0.2) is 9.59 Å². The second-order valence-corrected chi connectivity index (χ2v) is 7.35. The van der Waals surface area contributed by atoms with Gasteiger partial charge in [-0.2, -0.15) is 0 Å². The number of hydrogen-bond acceptors (Lipinski definition) is 5. The van der Waals surface area contributed by atoms with Crippen molar-refractivity contribution in [3.8, 4) is 0 Å². The van der Waals surface area contributed by atoms with Gasteiger partial charge in [0.1, 0.15) is 0 Å². The Morgan fingerprint density at radius 2 is 1.67 bits per heavy atom. The van der Waals surface area contributed by atoms with Crippen LogP contribution in [0.1, 0.15) is 23.7 Å². The number of carboxylic acid groups (broad SMARTS) is 2. The van der Waals surface area contributed by atoms with Crippen LogP contribution in [0.15, 0.2) is 65.6 Å². The molecule has 0 spiro atoms. The van der Waals surface area contributed by atoms with Gasteiger partial charge in [0.15, 0.2) is 0 Å². The van der Waals surface area contributed by atoms with Crippen molar-refractivity contribution in [3.05, 3.63) is 66.2 Å². The standard InChI is InChI=1S/C21H20N2O6S/c1-2-17(20(27)23-14-8-6-13(7-9-14)21(28)29)30-16-5-3-4-15(12-16)22-18(24)10-11-19(25)26/h3-12,17H,2H2,1H3,(H,22,24)(H,23,27)(H,25,26)(H,28,29)/b11-10+. The highest BCUT2D eigenvalue weighted by atomic mass is 32.2. The van der Waals surface area contributed by atoms with E-state index in [0.717, 1.165) is 17.0 Å². The number of carbonyl (C=O) groups is 4. The first kappa shape index (κ1) is 22.7. The summed E-state index contributed by atoms with van der Waals surface area (Å²) in [4.78, 5) is 46.4. The van der Waals surface area contributed by atoms with Crippen LogP contribution in [0.5, 0.6) is 0 Å². The molecule has 9 heteroatoms.